The number of hydrogen-bond donors (Lipinski definition) is 1. The lowest BCUT2D eigenvalue weighted by Crippen LogP contribution is -2.34. The molecule has 1 saturated heterocycles. The first-order chi connectivity index (χ1) is 10.3. The molecule has 3 rings (SSSR count). The van der Waals surface area contributed by atoms with Crippen molar-refractivity contribution in [3.8, 4) is 0 Å². The number of carbonyl (C=O) groups is 1. The van der Waals surface area contributed by atoms with E-state index in [0.717, 1.165) is 44.8 Å². The Bertz CT molecular complexity index is 458. The molecule has 21 heavy (non-hydrogen) atoms. The Kier molecular flexibility index (Phi) is 4.86. The number of rotatable bonds is 6. The Morgan fingerprint density at radius 1 is 1.29 bits per heavy atom. The van der Waals surface area contributed by atoms with Gasteiger partial charge in [0.15, 0.2) is 0 Å². The average molecular weight is 287 g/mol. The van der Waals surface area contributed by atoms with Gasteiger partial charge in [0.25, 0.3) is 0 Å². The predicted molar refractivity (Wildman–Crippen MR) is 82.9 cm³/mol. The van der Waals surface area contributed by atoms with Gasteiger partial charge in [-0.25, -0.2) is 0 Å². The summed E-state index contributed by atoms with van der Waals surface area (Å²) in [6.07, 6.45) is 10.1. The van der Waals surface area contributed by atoms with E-state index in [9.17, 15) is 4.79 Å². The molecule has 0 spiro atoms. The molecular formula is C17H25N3O. The number of hydrogen-bond acceptors (Lipinski definition) is 3. The van der Waals surface area contributed by atoms with Crippen LogP contribution >= 0.6 is 0 Å². The molecule has 2 fully saturated rings. The standard InChI is InChI=1S/C17H25N3O/c21-17-6-5-16(8-11-20(17)13-15-3-4-15)19-10-7-14-2-1-9-18-12-14/h1-2,9,12,15-16,19H,3-8,10-11,13H2. The third-order valence-electron chi connectivity index (χ3n) is 4.55. The minimum Gasteiger partial charge on any atom is -0.342 e. The van der Waals surface area contributed by atoms with E-state index in [4.69, 9.17) is 0 Å². The van der Waals surface area contributed by atoms with Gasteiger partial charge in [0.05, 0.1) is 0 Å². The van der Waals surface area contributed by atoms with Crippen molar-refractivity contribution in [2.75, 3.05) is 19.6 Å². The topological polar surface area (TPSA) is 45.2 Å². The van der Waals surface area contributed by atoms with Crippen LogP contribution in [0.25, 0.3) is 0 Å². The van der Waals surface area contributed by atoms with Gasteiger partial charge in [-0.05, 0) is 56.2 Å². The normalized spacial score (nSPS) is 23.1. The Morgan fingerprint density at radius 2 is 2.19 bits per heavy atom. The second-order valence-electron chi connectivity index (χ2n) is 6.37. The third kappa shape index (κ3) is 4.53. The fourth-order valence-electron chi connectivity index (χ4n) is 3.01. The molecule has 1 unspecified atom stereocenters. The van der Waals surface area contributed by atoms with Crippen LogP contribution in [0, 0.1) is 5.92 Å². The summed E-state index contributed by atoms with van der Waals surface area (Å²) in [5.41, 5.74) is 1.27. The summed E-state index contributed by atoms with van der Waals surface area (Å²) in [7, 11) is 0. The van der Waals surface area contributed by atoms with Gasteiger partial charge >= 0.3 is 0 Å². The molecule has 2 aliphatic rings. The minimum absolute atomic E-state index is 0.360. The van der Waals surface area contributed by atoms with E-state index in [1.165, 1.54) is 18.4 Å². The highest BCUT2D eigenvalue weighted by molar-refractivity contribution is 5.76. The van der Waals surface area contributed by atoms with Crippen LogP contribution in [0.3, 0.4) is 0 Å². The predicted octanol–water partition coefficient (Wildman–Crippen LogP) is 2.00. The fraction of sp³-hybridized carbons (Fsp3) is 0.647. The van der Waals surface area contributed by atoms with Crippen LogP contribution in [-0.2, 0) is 11.2 Å². The Labute approximate surface area is 126 Å². The molecule has 1 amide bonds. The quantitative estimate of drug-likeness (QED) is 0.870. The number of pyridine rings is 1. The number of carbonyl (C=O) groups excluding carboxylic acids is 1. The Balaban J connectivity index is 1.41. The first-order valence-corrected chi connectivity index (χ1v) is 8.21. The van der Waals surface area contributed by atoms with Crippen molar-refractivity contribution >= 4 is 5.91 Å². The van der Waals surface area contributed by atoms with E-state index >= 15 is 0 Å². The van der Waals surface area contributed by atoms with Crippen molar-refractivity contribution in [1.82, 2.24) is 15.2 Å². The zero-order chi connectivity index (χ0) is 14.5. The molecule has 1 aromatic heterocycles. The second kappa shape index (κ2) is 7.03. The van der Waals surface area contributed by atoms with Gasteiger partial charge in [-0.15, -0.1) is 0 Å². The molecule has 1 N–H and O–H groups in total. The molecule has 4 heteroatoms. The lowest BCUT2D eigenvalue weighted by molar-refractivity contribution is -0.130. The molecule has 4 nitrogen and oxygen atoms in total. The SMILES string of the molecule is O=C1CCC(NCCc2cccnc2)CCN1CC1CC1. The van der Waals surface area contributed by atoms with Crippen LogP contribution in [-0.4, -0.2) is 41.5 Å². The molecule has 2 heterocycles. The number of amides is 1. The number of nitrogens with zero attached hydrogens (tertiary/aromatic N) is 2. The first-order valence-electron chi connectivity index (χ1n) is 8.21. The summed E-state index contributed by atoms with van der Waals surface area (Å²) in [6.45, 7) is 2.90. The molecule has 0 radical (unpaired) electrons. The molecule has 0 bridgehead atoms. The van der Waals surface area contributed by atoms with Crippen LogP contribution in [0.1, 0.15) is 37.7 Å². The second-order valence-corrected chi connectivity index (χ2v) is 6.37. The lowest BCUT2D eigenvalue weighted by atomic mass is 10.1. The van der Waals surface area contributed by atoms with Gasteiger partial charge in [-0.3, -0.25) is 9.78 Å². The molecule has 0 aromatic carbocycles. The molecule has 1 atom stereocenters. The van der Waals surface area contributed by atoms with Crippen molar-refractivity contribution in [3.05, 3.63) is 30.1 Å². The summed E-state index contributed by atoms with van der Waals surface area (Å²) in [5, 5.41) is 3.61. The van der Waals surface area contributed by atoms with Crippen molar-refractivity contribution in [1.29, 1.82) is 0 Å². The van der Waals surface area contributed by atoms with E-state index in [1.54, 1.807) is 0 Å². The highest BCUT2D eigenvalue weighted by atomic mass is 16.2. The largest absolute Gasteiger partial charge is 0.342 e. The van der Waals surface area contributed by atoms with Crippen molar-refractivity contribution in [3.63, 3.8) is 0 Å². The van der Waals surface area contributed by atoms with Gasteiger partial charge in [0.2, 0.25) is 5.91 Å². The summed E-state index contributed by atoms with van der Waals surface area (Å²) < 4.78 is 0. The monoisotopic (exact) mass is 287 g/mol. The van der Waals surface area contributed by atoms with E-state index in [2.05, 4.69) is 21.3 Å². The maximum absolute atomic E-state index is 12.1. The van der Waals surface area contributed by atoms with Crippen molar-refractivity contribution < 1.29 is 4.79 Å². The van der Waals surface area contributed by atoms with Crippen LogP contribution in [0.15, 0.2) is 24.5 Å². The average Bonchev–Trinajstić information content (AvgIpc) is 3.33. The van der Waals surface area contributed by atoms with Gasteiger partial charge in [0.1, 0.15) is 0 Å². The summed E-state index contributed by atoms with van der Waals surface area (Å²) in [4.78, 5) is 18.3. The first kappa shape index (κ1) is 14.5. The number of aromatic nitrogens is 1. The van der Waals surface area contributed by atoms with Crippen LogP contribution < -0.4 is 5.32 Å². The van der Waals surface area contributed by atoms with Crippen LogP contribution in [0.2, 0.25) is 0 Å². The summed E-state index contributed by atoms with van der Waals surface area (Å²) >= 11 is 0. The van der Waals surface area contributed by atoms with Gasteiger partial charge in [0, 0.05) is 37.9 Å². The smallest absolute Gasteiger partial charge is 0.222 e. The lowest BCUT2D eigenvalue weighted by Gasteiger charge is -2.20. The van der Waals surface area contributed by atoms with E-state index < -0.39 is 0 Å². The number of likely N-dealkylation sites (tertiary alicyclic amines) is 1. The molecular weight excluding hydrogens is 262 g/mol. The molecule has 1 aliphatic heterocycles. The van der Waals surface area contributed by atoms with E-state index in [-0.39, 0.29) is 0 Å². The zero-order valence-electron chi connectivity index (χ0n) is 12.6. The maximum Gasteiger partial charge on any atom is 0.222 e. The highest BCUT2D eigenvalue weighted by Gasteiger charge is 2.28. The molecule has 114 valence electrons. The maximum atomic E-state index is 12.1. The van der Waals surface area contributed by atoms with Crippen molar-refractivity contribution in [2.45, 2.75) is 44.6 Å². The summed E-state index contributed by atoms with van der Waals surface area (Å²) in [5.74, 6) is 1.16. The van der Waals surface area contributed by atoms with E-state index in [0.29, 0.717) is 18.4 Å². The molecule has 1 saturated carbocycles. The summed E-state index contributed by atoms with van der Waals surface area (Å²) in [6, 6.07) is 4.58. The molecule has 1 aliphatic carbocycles. The van der Waals surface area contributed by atoms with E-state index in [1.807, 2.05) is 18.5 Å². The number of nitrogens with one attached hydrogen (secondary N) is 1. The molecule has 1 aromatic rings. The van der Waals surface area contributed by atoms with Gasteiger partial charge < -0.3 is 10.2 Å². The zero-order valence-corrected chi connectivity index (χ0v) is 12.6. The minimum atomic E-state index is 0.360. The van der Waals surface area contributed by atoms with Gasteiger partial charge in [-0.2, -0.15) is 0 Å². The Morgan fingerprint density at radius 3 is 2.95 bits per heavy atom. The van der Waals surface area contributed by atoms with Gasteiger partial charge in [-0.1, -0.05) is 6.07 Å². The third-order valence-corrected chi connectivity index (χ3v) is 4.55. The fourth-order valence-corrected chi connectivity index (χ4v) is 3.01. The Hall–Kier alpha value is -1.42. The van der Waals surface area contributed by atoms with Crippen LogP contribution in [0.5, 0.6) is 0 Å². The van der Waals surface area contributed by atoms with Crippen molar-refractivity contribution in [2.24, 2.45) is 5.92 Å². The highest BCUT2D eigenvalue weighted by Crippen LogP contribution is 2.30. The van der Waals surface area contributed by atoms with Crippen LogP contribution in [0.4, 0.5) is 0 Å².